The van der Waals surface area contributed by atoms with Crippen LogP contribution in [0.25, 0.3) is 0 Å². The lowest BCUT2D eigenvalue weighted by atomic mass is 10.0. The van der Waals surface area contributed by atoms with Gasteiger partial charge in [0.15, 0.2) is 0 Å². The molecule has 2 aromatic rings. The molecule has 32 heavy (non-hydrogen) atoms. The van der Waals surface area contributed by atoms with Crippen LogP contribution in [0.2, 0.25) is 0 Å². The van der Waals surface area contributed by atoms with E-state index in [1.54, 1.807) is 33.1 Å². The monoisotopic (exact) mass is 459 g/mol. The van der Waals surface area contributed by atoms with Gasteiger partial charge in [0.05, 0.1) is 18.0 Å². The van der Waals surface area contributed by atoms with Gasteiger partial charge in [-0.2, -0.15) is 0 Å². The van der Waals surface area contributed by atoms with Crippen LogP contribution in [-0.4, -0.2) is 52.0 Å². The quantitative estimate of drug-likeness (QED) is 0.601. The van der Waals surface area contributed by atoms with E-state index in [0.717, 1.165) is 37.2 Å². The van der Waals surface area contributed by atoms with E-state index in [0.29, 0.717) is 12.1 Å². The van der Waals surface area contributed by atoms with Gasteiger partial charge in [0.2, 0.25) is 10.0 Å². The second-order valence-electron chi connectivity index (χ2n) is 8.40. The Labute approximate surface area is 191 Å². The van der Waals surface area contributed by atoms with Crippen LogP contribution >= 0.6 is 0 Å². The number of nitrogens with zero attached hydrogens (tertiary/aromatic N) is 1. The molecule has 2 aromatic carbocycles. The number of nitrogens with one attached hydrogen (secondary N) is 2. The average molecular weight is 460 g/mol. The zero-order valence-electron chi connectivity index (χ0n) is 19.0. The molecular formula is C24H33N3O4S. The number of ether oxygens (including phenoxy) is 1. The summed E-state index contributed by atoms with van der Waals surface area (Å²) in [4.78, 5) is 15.4. The summed E-state index contributed by atoms with van der Waals surface area (Å²) in [5.74, 6) is 0.505. The van der Waals surface area contributed by atoms with Gasteiger partial charge in [-0.25, -0.2) is 13.1 Å². The van der Waals surface area contributed by atoms with E-state index in [2.05, 4.69) is 14.9 Å². The maximum Gasteiger partial charge on any atom is 0.251 e. The molecule has 2 N–H and O–H groups in total. The van der Waals surface area contributed by atoms with E-state index in [1.165, 1.54) is 18.6 Å². The van der Waals surface area contributed by atoms with Gasteiger partial charge in [-0.3, -0.25) is 9.69 Å². The van der Waals surface area contributed by atoms with E-state index < -0.39 is 10.0 Å². The van der Waals surface area contributed by atoms with Crippen molar-refractivity contribution < 1.29 is 17.9 Å². The Kier molecular flexibility index (Phi) is 8.28. The standard InChI is InChI=1S/C24H33N3O4S/c1-18(2)26-32(29,30)22-9-7-8-20(16-22)24(28)25-17-23(27-14-5-4-6-15-27)19-10-12-21(31-3)13-11-19/h7-13,16,18,23,26H,4-6,14-15,17H2,1-3H3,(H,25,28). The third kappa shape index (κ3) is 6.31. The maximum atomic E-state index is 12.9. The molecule has 174 valence electrons. The minimum absolute atomic E-state index is 0.0414. The van der Waals surface area contributed by atoms with Gasteiger partial charge in [-0.05, 0) is 75.7 Å². The van der Waals surface area contributed by atoms with Crippen LogP contribution < -0.4 is 14.8 Å². The molecule has 0 saturated carbocycles. The molecule has 1 heterocycles. The highest BCUT2D eigenvalue weighted by Gasteiger charge is 2.24. The fraction of sp³-hybridized carbons (Fsp3) is 0.458. The predicted octanol–water partition coefficient (Wildman–Crippen LogP) is 3.34. The van der Waals surface area contributed by atoms with Gasteiger partial charge < -0.3 is 10.1 Å². The number of likely N-dealkylation sites (tertiary alicyclic amines) is 1. The maximum absolute atomic E-state index is 12.9. The normalized spacial score (nSPS) is 16.0. The molecule has 0 aromatic heterocycles. The molecular weight excluding hydrogens is 426 g/mol. The first kappa shape index (κ1) is 24.2. The van der Waals surface area contributed by atoms with Crippen LogP contribution in [0.5, 0.6) is 5.75 Å². The second-order valence-corrected chi connectivity index (χ2v) is 10.1. The molecule has 8 heteroatoms. The Morgan fingerprint density at radius 1 is 1.06 bits per heavy atom. The average Bonchev–Trinajstić information content (AvgIpc) is 2.79. The van der Waals surface area contributed by atoms with Gasteiger partial charge in [0.1, 0.15) is 5.75 Å². The van der Waals surface area contributed by atoms with E-state index in [4.69, 9.17) is 4.74 Å². The summed E-state index contributed by atoms with van der Waals surface area (Å²) in [5, 5.41) is 3.02. The highest BCUT2D eigenvalue weighted by Crippen LogP contribution is 2.26. The zero-order valence-corrected chi connectivity index (χ0v) is 19.8. The van der Waals surface area contributed by atoms with Gasteiger partial charge in [-0.15, -0.1) is 0 Å². The molecule has 1 aliphatic rings. The number of amides is 1. The van der Waals surface area contributed by atoms with Crippen molar-refractivity contribution in [2.75, 3.05) is 26.7 Å². The highest BCUT2D eigenvalue weighted by molar-refractivity contribution is 7.89. The number of methoxy groups -OCH3 is 1. The van der Waals surface area contributed by atoms with Crippen LogP contribution in [-0.2, 0) is 10.0 Å². The second kappa shape index (κ2) is 10.9. The number of hydrogen-bond donors (Lipinski definition) is 2. The number of carbonyl (C=O) groups is 1. The van der Waals surface area contributed by atoms with Crippen molar-refractivity contribution in [1.82, 2.24) is 14.9 Å². The van der Waals surface area contributed by atoms with E-state index >= 15 is 0 Å². The molecule has 1 saturated heterocycles. The van der Waals surface area contributed by atoms with Crippen molar-refractivity contribution in [1.29, 1.82) is 0 Å². The van der Waals surface area contributed by atoms with Crippen LogP contribution in [0.1, 0.15) is 55.1 Å². The van der Waals surface area contributed by atoms with E-state index in [1.807, 2.05) is 24.3 Å². The first-order valence-corrected chi connectivity index (χ1v) is 12.6. The van der Waals surface area contributed by atoms with Gasteiger partial charge >= 0.3 is 0 Å². The molecule has 0 aliphatic carbocycles. The lowest BCUT2D eigenvalue weighted by molar-refractivity contribution is 0.0924. The fourth-order valence-electron chi connectivity index (χ4n) is 3.99. The number of benzene rings is 2. The Morgan fingerprint density at radius 2 is 1.75 bits per heavy atom. The summed E-state index contributed by atoms with van der Waals surface area (Å²) in [6, 6.07) is 13.9. The summed E-state index contributed by atoms with van der Waals surface area (Å²) >= 11 is 0. The minimum Gasteiger partial charge on any atom is -0.497 e. The number of hydrogen-bond acceptors (Lipinski definition) is 5. The Morgan fingerprint density at radius 3 is 2.38 bits per heavy atom. The summed E-state index contributed by atoms with van der Waals surface area (Å²) in [7, 11) is -2.02. The van der Waals surface area contributed by atoms with E-state index in [-0.39, 0.29) is 22.9 Å². The molecule has 1 unspecified atom stereocenters. The summed E-state index contributed by atoms with van der Waals surface area (Å²) < 4.78 is 32.8. The lowest BCUT2D eigenvalue weighted by Gasteiger charge is -2.35. The summed E-state index contributed by atoms with van der Waals surface area (Å²) in [5.41, 5.74) is 1.44. The number of rotatable bonds is 9. The summed E-state index contributed by atoms with van der Waals surface area (Å²) in [6.45, 7) is 5.93. The Bertz CT molecular complexity index is 1000. The molecule has 0 bridgehead atoms. The highest BCUT2D eigenvalue weighted by atomic mass is 32.2. The van der Waals surface area contributed by atoms with Crippen molar-refractivity contribution in [2.24, 2.45) is 0 Å². The Balaban J connectivity index is 1.75. The van der Waals surface area contributed by atoms with Crippen LogP contribution in [0, 0.1) is 0 Å². The third-order valence-corrected chi connectivity index (χ3v) is 7.24. The van der Waals surface area contributed by atoms with Crippen LogP contribution in [0.3, 0.4) is 0 Å². The number of piperidine rings is 1. The van der Waals surface area contributed by atoms with Crippen LogP contribution in [0.4, 0.5) is 0 Å². The largest absolute Gasteiger partial charge is 0.497 e. The van der Waals surface area contributed by atoms with Crippen molar-refractivity contribution >= 4 is 15.9 Å². The molecule has 1 aliphatic heterocycles. The first-order valence-electron chi connectivity index (χ1n) is 11.1. The predicted molar refractivity (Wildman–Crippen MR) is 125 cm³/mol. The smallest absolute Gasteiger partial charge is 0.251 e. The number of carbonyl (C=O) groups excluding carboxylic acids is 1. The SMILES string of the molecule is COc1ccc(C(CNC(=O)c2cccc(S(=O)(=O)NC(C)C)c2)N2CCCCC2)cc1. The summed E-state index contributed by atoms with van der Waals surface area (Å²) in [6.07, 6.45) is 3.51. The molecule has 0 radical (unpaired) electrons. The van der Waals surface area contributed by atoms with Crippen molar-refractivity contribution in [2.45, 2.75) is 50.1 Å². The molecule has 0 spiro atoms. The van der Waals surface area contributed by atoms with Crippen molar-refractivity contribution in [3.05, 3.63) is 59.7 Å². The van der Waals surface area contributed by atoms with Gasteiger partial charge in [0.25, 0.3) is 5.91 Å². The number of sulfonamides is 1. The molecule has 1 amide bonds. The third-order valence-electron chi connectivity index (χ3n) is 5.59. The molecule has 1 atom stereocenters. The molecule has 3 rings (SSSR count). The van der Waals surface area contributed by atoms with Crippen molar-refractivity contribution in [3.8, 4) is 5.75 Å². The molecule has 7 nitrogen and oxygen atoms in total. The lowest BCUT2D eigenvalue weighted by Crippen LogP contribution is -2.40. The zero-order chi connectivity index (χ0) is 23.1. The Hall–Kier alpha value is -2.42. The molecule has 1 fully saturated rings. The van der Waals surface area contributed by atoms with Crippen LogP contribution in [0.15, 0.2) is 53.4 Å². The van der Waals surface area contributed by atoms with Gasteiger partial charge in [-0.1, -0.05) is 24.6 Å². The van der Waals surface area contributed by atoms with Gasteiger partial charge in [0, 0.05) is 18.2 Å². The van der Waals surface area contributed by atoms with E-state index in [9.17, 15) is 13.2 Å². The topological polar surface area (TPSA) is 87.7 Å². The van der Waals surface area contributed by atoms with Crippen molar-refractivity contribution in [3.63, 3.8) is 0 Å². The first-order chi connectivity index (χ1) is 15.3. The minimum atomic E-state index is -3.66. The fourth-order valence-corrected chi connectivity index (χ4v) is 5.28.